The molecular weight excluding hydrogens is 391 g/mol. The maximum atomic E-state index is 16.1. The summed E-state index contributed by atoms with van der Waals surface area (Å²) in [5.41, 5.74) is 9.21. The fourth-order valence-corrected chi connectivity index (χ4v) is 4.50. The minimum atomic E-state index is -0.323. The fraction of sp³-hybridized carbons (Fsp3) is 0.208. The summed E-state index contributed by atoms with van der Waals surface area (Å²) in [4.78, 5) is 15.5. The molecule has 0 saturated heterocycles. The summed E-state index contributed by atoms with van der Waals surface area (Å²) < 4.78 is 18.1. The zero-order valence-corrected chi connectivity index (χ0v) is 16.9. The molecule has 0 atom stereocenters. The van der Waals surface area contributed by atoms with Gasteiger partial charge in [0.05, 0.1) is 5.69 Å². The fourth-order valence-electron chi connectivity index (χ4n) is 4.50. The summed E-state index contributed by atoms with van der Waals surface area (Å²) in [7, 11) is 0. The van der Waals surface area contributed by atoms with Gasteiger partial charge in [-0.25, -0.2) is 19.3 Å². The Balaban J connectivity index is 1.58. The summed E-state index contributed by atoms with van der Waals surface area (Å²) >= 11 is 0. The molecule has 2 aliphatic rings. The SMILES string of the molecule is Nc1nccn2c(C3CCC3)nc(-c3ccc4c(c3F)N(c3ccccn3)CC=C4)c12. The Morgan fingerprint density at radius 2 is 1.97 bits per heavy atom. The molecule has 3 aromatic heterocycles. The van der Waals surface area contributed by atoms with Crippen LogP contribution in [0, 0.1) is 5.82 Å². The molecule has 2 N–H and O–H groups in total. The van der Waals surface area contributed by atoms with Crippen molar-refractivity contribution in [3.05, 3.63) is 72.2 Å². The number of anilines is 3. The number of nitrogen functional groups attached to an aromatic ring is 1. The first-order valence-corrected chi connectivity index (χ1v) is 10.5. The van der Waals surface area contributed by atoms with Crippen LogP contribution in [0.1, 0.15) is 36.6 Å². The van der Waals surface area contributed by atoms with Crippen LogP contribution in [0.5, 0.6) is 0 Å². The summed E-state index contributed by atoms with van der Waals surface area (Å²) in [6.45, 7) is 0.547. The van der Waals surface area contributed by atoms with Crippen LogP contribution in [-0.4, -0.2) is 25.9 Å². The Hall–Kier alpha value is -3.74. The predicted octanol–water partition coefficient (Wildman–Crippen LogP) is 4.95. The van der Waals surface area contributed by atoms with E-state index in [4.69, 9.17) is 10.7 Å². The number of halogens is 1. The maximum Gasteiger partial charge on any atom is 0.156 e. The van der Waals surface area contributed by atoms with Crippen LogP contribution in [0.2, 0.25) is 0 Å². The number of nitrogens with zero attached hydrogens (tertiary/aromatic N) is 5. The van der Waals surface area contributed by atoms with Crippen molar-refractivity contribution in [2.45, 2.75) is 25.2 Å². The van der Waals surface area contributed by atoms with E-state index in [1.807, 2.05) is 51.9 Å². The van der Waals surface area contributed by atoms with Crippen molar-refractivity contribution in [1.29, 1.82) is 0 Å². The van der Waals surface area contributed by atoms with Crippen molar-refractivity contribution in [3.63, 3.8) is 0 Å². The first kappa shape index (κ1) is 18.1. The summed E-state index contributed by atoms with van der Waals surface area (Å²) in [6.07, 6.45) is 12.6. The van der Waals surface area contributed by atoms with Gasteiger partial charge in [-0.2, -0.15) is 0 Å². The lowest BCUT2D eigenvalue weighted by atomic mass is 9.85. The number of benzene rings is 1. The molecule has 4 aromatic rings. The number of rotatable bonds is 3. The third kappa shape index (κ3) is 2.73. The summed E-state index contributed by atoms with van der Waals surface area (Å²) in [5.74, 6) is 2.04. The number of nitrogens with two attached hydrogens (primary N) is 1. The van der Waals surface area contributed by atoms with Crippen LogP contribution in [0.4, 0.5) is 21.7 Å². The highest BCUT2D eigenvalue weighted by Gasteiger charge is 2.29. The third-order valence-corrected chi connectivity index (χ3v) is 6.26. The van der Waals surface area contributed by atoms with E-state index in [1.54, 1.807) is 18.5 Å². The van der Waals surface area contributed by atoms with Crippen molar-refractivity contribution in [2.75, 3.05) is 17.2 Å². The predicted molar refractivity (Wildman–Crippen MR) is 120 cm³/mol. The molecule has 7 heteroatoms. The zero-order valence-electron chi connectivity index (χ0n) is 16.9. The Morgan fingerprint density at radius 1 is 1.06 bits per heavy atom. The number of aromatic nitrogens is 4. The first-order valence-electron chi connectivity index (χ1n) is 10.5. The van der Waals surface area contributed by atoms with E-state index in [-0.39, 0.29) is 5.82 Å². The highest BCUT2D eigenvalue weighted by atomic mass is 19.1. The van der Waals surface area contributed by atoms with Crippen molar-refractivity contribution in [1.82, 2.24) is 19.4 Å². The van der Waals surface area contributed by atoms with Crippen LogP contribution in [0.25, 0.3) is 22.9 Å². The molecule has 154 valence electrons. The molecule has 6 nitrogen and oxygen atoms in total. The van der Waals surface area contributed by atoms with E-state index in [0.29, 0.717) is 46.6 Å². The number of pyridine rings is 1. The smallest absolute Gasteiger partial charge is 0.156 e. The monoisotopic (exact) mass is 412 g/mol. The molecule has 0 bridgehead atoms. The normalized spacial score (nSPS) is 15.8. The Bertz CT molecular complexity index is 1320. The van der Waals surface area contributed by atoms with Crippen LogP contribution in [0.3, 0.4) is 0 Å². The highest BCUT2D eigenvalue weighted by molar-refractivity contribution is 5.89. The highest BCUT2D eigenvalue weighted by Crippen LogP contribution is 2.42. The maximum absolute atomic E-state index is 16.1. The van der Waals surface area contributed by atoms with Crippen molar-refractivity contribution in [3.8, 4) is 11.3 Å². The second-order valence-corrected chi connectivity index (χ2v) is 8.04. The van der Waals surface area contributed by atoms with Crippen LogP contribution < -0.4 is 10.6 Å². The van der Waals surface area contributed by atoms with Gasteiger partial charge in [-0.3, -0.25) is 4.40 Å². The van der Waals surface area contributed by atoms with Crippen molar-refractivity contribution < 1.29 is 4.39 Å². The van der Waals surface area contributed by atoms with Gasteiger partial charge >= 0.3 is 0 Å². The molecule has 0 amide bonds. The van der Waals surface area contributed by atoms with Crippen molar-refractivity contribution >= 4 is 28.9 Å². The second-order valence-electron chi connectivity index (χ2n) is 8.04. The Kier molecular flexibility index (Phi) is 4.02. The minimum Gasteiger partial charge on any atom is -0.382 e. The van der Waals surface area contributed by atoms with E-state index in [2.05, 4.69) is 9.97 Å². The van der Waals surface area contributed by atoms with Gasteiger partial charge in [0.25, 0.3) is 0 Å². The standard InChI is InChI=1S/C24H21FN6/c25-19-17(10-9-15-7-4-13-30(21(15)19)18-8-1-2-11-27-18)20-22-23(26)28-12-14-31(22)24(29-20)16-5-3-6-16/h1-2,4,7-12,14,16H,3,5-6,13H2,(H2,26,28). The molecule has 0 radical (unpaired) electrons. The molecule has 1 aromatic carbocycles. The molecule has 1 aliphatic heterocycles. The van der Waals surface area contributed by atoms with E-state index >= 15 is 4.39 Å². The van der Waals surface area contributed by atoms with Crippen molar-refractivity contribution in [2.24, 2.45) is 0 Å². The lowest BCUT2D eigenvalue weighted by Crippen LogP contribution is -2.22. The molecule has 0 unspecified atom stereocenters. The average molecular weight is 412 g/mol. The third-order valence-electron chi connectivity index (χ3n) is 6.26. The first-order chi connectivity index (χ1) is 15.2. The van der Waals surface area contributed by atoms with Crippen LogP contribution in [-0.2, 0) is 0 Å². The van der Waals surface area contributed by atoms with E-state index in [1.165, 1.54) is 6.42 Å². The molecule has 31 heavy (non-hydrogen) atoms. The molecule has 4 heterocycles. The Morgan fingerprint density at radius 3 is 2.74 bits per heavy atom. The number of hydrogen-bond donors (Lipinski definition) is 1. The number of fused-ring (bicyclic) bond motifs is 2. The Labute approximate surface area is 178 Å². The van der Waals surface area contributed by atoms with Gasteiger partial charge in [-0.15, -0.1) is 0 Å². The number of imidazole rings is 1. The van der Waals surface area contributed by atoms with E-state index in [0.717, 1.165) is 24.2 Å². The quantitative estimate of drug-likeness (QED) is 0.516. The van der Waals surface area contributed by atoms with Gasteiger partial charge in [0, 0.05) is 42.2 Å². The van der Waals surface area contributed by atoms with Gasteiger partial charge in [0.2, 0.25) is 0 Å². The largest absolute Gasteiger partial charge is 0.382 e. The topological polar surface area (TPSA) is 72.3 Å². The average Bonchev–Trinajstić information content (AvgIpc) is 3.13. The lowest BCUT2D eigenvalue weighted by Gasteiger charge is -2.28. The minimum absolute atomic E-state index is 0.323. The summed E-state index contributed by atoms with van der Waals surface area (Å²) in [5, 5.41) is 0. The summed E-state index contributed by atoms with van der Waals surface area (Å²) in [6, 6.07) is 9.37. The van der Waals surface area contributed by atoms with Gasteiger partial charge in [-0.1, -0.05) is 30.7 Å². The van der Waals surface area contributed by atoms with E-state index < -0.39 is 0 Å². The van der Waals surface area contributed by atoms with Gasteiger partial charge in [-0.05, 0) is 31.0 Å². The number of hydrogen-bond acceptors (Lipinski definition) is 5. The van der Waals surface area contributed by atoms with Gasteiger partial charge in [0.1, 0.15) is 28.7 Å². The van der Waals surface area contributed by atoms with Gasteiger partial charge < -0.3 is 10.6 Å². The molecule has 1 aliphatic carbocycles. The second kappa shape index (κ2) is 6.91. The molecule has 6 rings (SSSR count). The zero-order chi connectivity index (χ0) is 20.9. The van der Waals surface area contributed by atoms with Crippen LogP contribution in [0.15, 0.2) is 55.0 Å². The molecule has 1 fully saturated rings. The van der Waals surface area contributed by atoms with E-state index in [9.17, 15) is 0 Å². The molecule has 1 saturated carbocycles. The lowest BCUT2D eigenvalue weighted by molar-refractivity contribution is 0.400. The van der Waals surface area contributed by atoms with Crippen LogP contribution >= 0.6 is 0 Å². The molecular formula is C24H21FN6. The molecule has 0 spiro atoms. The van der Waals surface area contributed by atoms with Gasteiger partial charge in [0.15, 0.2) is 5.82 Å².